The number of rotatable bonds is 6. The summed E-state index contributed by atoms with van der Waals surface area (Å²) in [6.07, 6.45) is -13.9. The van der Waals surface area contributed by atoms with Crippen molar-refractivity contribution in [1.29, 1.82) is 0 Å². The van der Waals surface area contributed by atoms with Crippen LogP contribution in [-0.2, 0) is 11.8 Å². The van der Waals surface area contributed by atoms with Crippen molar-refractivity contribution in [3.05, 3.63) is 67.6 Å². The monoisotopic (exact) mass is 732 g/mol. The maximum atomic E-state index is 13.7. The fourth-order valence-electron chi connectivity index (χ4n) is 2.67. The third kappa shape index (κ3) is 7.15. The average Bonchev–Trinajstić information content (AvgIpc) is 2.76. The number of carbonyl (C=O) groups is 2. The molecule has 0 N–H and O–H groups in total. The van der Waals surface area contributed by atoms with Crippen LogP contribution in [0, 0.1) is 0 Å². The molecule has 2 nitrogen and oxygen atoms in total. The van der Waals surface area contributed by atoms with Gasteiger partial charge in [-0.3, -0.25) is 9.59 Å². The number of ketones is 2. The Bertz CT molecular complexity index is 1190. The molecule has 0 fully saturated rings. The molecule has 18 heteroatoms. The molecular formula is C22H12Br2F14O2. The first kappa shape index (κ1) is 35.8. The summed E-state index contributed by atoms with van der Waals surface area (Å²) in [5.74, 6) is -28.2. The van der Waals surface area contributed by atoms with Crippen molar-refractivity contribution < 1.29 is 71.1 Å². The first-order valence-electron chi connectivity index (χ1n) is 9.90. The van der Waals surface area contributed by atoms with Gasteiger partial charge in [-0.1, -0.05) is 31.9 Å². The number of Topliss-reactive ketones (excluding diaryl/α,β-unsaturated/α-hetero) is 2. The standard InChI is InChI=1S/C14H6F14O.C8H6Br2O/c1-5(29)6-2-7(9(15,16)11(19,20)13(23,24)25)4-8(3-6)10(17,18)12(21,22)14(26,27)28;1-5(11)6-2-7(9)4-8(10)3-6/h2-4H,1H3;2-4H,1H3. The third-order valence-electron chi connectivity index (χ3n) is 4.83. The molecule has 0 aliphatic heterocycles. The normalized spacial score (nSPS) is 13.4. The second kappa shape index (κ2) is 11.6. The summed E-state index contributed by atoms with van der Waals surface area (Å²) in [5.41, 5.74) is -6.26. The van der Waals surface area contributed by atoms with Gasteiger partial charge in [0.2, 0.25) is 0 Å². The highest BCUT2D eigenvalue weighted by Crippen LogP contribution is 2.55. The summed E-state index contributed by atoms with van der Waals surface area (Å²) in [7, 11) is 0. The Morgan fingerprint density at radius 1 is 0.500 bits per heavy atom. The molecule has 0 amide bonds. The van der Waals surface area contributed by atoms with E-state index in [0.717, 1.165) is 8.95 Å². The maximum absolute atomic E-state index is 13.7. The zero-order valence-corrected chi connectivity index (χ0v) is 22.5. The minimum atomic E-state index is -6.97. The summed E-state index contributed by atoms with van der Waals surface area (Å²) in [6, 6.07) is 3.51. The fraction of sp³-hybridized carbons (Fsp3) is 0.364. The fourth-order valence-corrected chi connectivity index (χ4v) is 3.96. The molecule has 0 unspecified atom stereocenters. The largest absolute Gasteiger partial charge is 0.460 e. The summed E-state index contributed by atoms with van der Waals surface area (Å²) in [6.45, 7) is 1.93. The van der Waals surface area contributed by atoms with E-state index < -0.39 is 76.7 Å². The second-order valence-electron chi connectivity index (χ2n) is 7.86. The van der Waals surface area contributed by atoms with E-state index in [-0.39, 0.29) is 5.78 Å². The zero-order chi connectivity index (χ0) is 31.9. The molecule has 224 valence electrons. The van der Waals surface area contributed by atoms with Crippen LogP contribution >= 0.6 is 31.9 Å². The van der Waals surface area contributed by atoms with Crippen molar-refractivity contribution >= 4 is 43.4 Å². The minimum absolute atomic E-state index is 0.0759. The maximum Gasteiger partial charge on any atom is 0.460 e. The third-order valence-corrected chi connectivity index (χ3v) is 5.75. The quantitative estimate of drug-likeness (QED) is 0.219. The lowest BCUT2D eigenvalue weighted by Gasteiger charge is -2.31. The lowest BCUT2D eigenvalue weighted by atomic mass is 9.91. The first-order valence-corrected chi connectivity index (χ1v) is 11.5. The van der Waals surface area contributed by atoms with Crippen molar-refractivity contribution in [2.45, 2.75) is 49.9 Å². The molecule has 0 saturated heterocycles. The van der Waals surface area contributed by atoms with E-state index in [0.29, 0.717) is 12.5 Å². The Kier molecular flexibility index (Phi) is 10.3. The molecule has 0 aliphatic rings. The van der Waals surface area contributed by atoms with E-state index in [2.05, 4.69) is 31.9 Å². The van der Waals surface area contributed by atoms with Crippen LogP contribution in [0.25, 0.3) is 0 Å². The van der Waals surface area contributed by atoms with Gasteiger partial charge in [0.1, 0.15) is 0 Å². The van der Waals surface area contributed by atoms with Gasteiger partial charge in [0.05, 0.1) is 0 Å². The smallest absolute Gasteiger partial charge is 0.295 e. The van der Waals surface area contributed by atoms with E-state index in [1.807, 2.05) is 6.07 Å². The molecular weight excluding hydrogens is 722 g/mol. The predicted octanol–water partition coefficient (Wildman–Crippen LogP) is 9.88. The van der Waals surface area contributed by atoms with Crippen molar-refractivity contribution in [2.75, 3.05) is 0 Å². The van der Waals surface area contributed by atoms with Crippen LogP contribution in [0.5, 0.6) is 0 Å². The minimum Gasteiger partial charge on any atom is -0.295 e. The first-order chi connectivity index (χ1) is 17.6. The van der Waals surface area contributed by atoms with Crippen LogP contribution in [0.1, 0.15) is 45.7 Å². The van der Waals surface area contributed by atoms with Crippen LogP contribution in [0.4, 0.5) is 61.5 Å². The number of halogens is 16. The SMILES string of the molecule is CC(=O)c1cc(Br)cc(Br)c1.CC(=O)c1cc(C(F)(F)C(F)(F)C(F)(F)F)cc(C(F)(F)C(F)(F)C(F)(F)F)c1. The molecule has 0 saturated carbocycles. The van der Waals surface area contributed by atoms with E-state index in [1.54, 1.807) is 19.1 Å². The highest BCUT2D eigenvalue weighted by atomic mass is 79.9. The van der Waals surface area contributed by atoms with Crippen LogP contribution in [0.2, 0.25) is 0 Å². The lowest BCUT2D eigenvalue weighted by molar-refractivity contribution is -0.361. The Balaban J connectivity index is 0.000000603. The Morgan fingerprint density at radius 2 is 0.775 bits per heavy atom. The van der Waals surface area contributed by atoms with Crippen molar-refractivity contribution in [2.24, 2.45) is 0 Å². The highest BCUT2D eigenvalue weighted by molar-refractivity contribution is 9.11. The van der Waals surface area contributed by atoms with Gasteiger partial charge < -0.3 is 0 Å². The lowest BCUT2D eigenvalue weighted by Crippen LogP contribution is -2.51. The van der Waals surface area contributed by atoms with E-state index in [9.17, 15) is 71.1 Å². The van der Waals surface area contributed by atoms with Crippen LogP contribution in [0.3, 0.4) is 0 Å². The zero-order valence-electron chi connectivity index (χ0n) is 19.3. The van der Waals surface area contributed by atoms with Gasteiger partial charge >= 0.3 is 36.0 Å². The Labute approximate surface area is 232 Å². The van der Waals surface area contributed by atoms with Crippen molar-refractivity contribution in [1.82, 2.24) is 0 Å². The van der Waals surface area contributed by atoms with Gasteiger partial charge in [0, 0.05) is 31.2 Å². The Morgan fingerprint density at radius 3 is 1.02 bits per heavy atom. The molecule has 0 radical (unpaired) electrons. The van der Waals surface area contributed by atoms with E-state index >= 15 is 0 Å². The molecule has 0 aromatic heterocycles. The van der Waals surface area contributed by atoms with Crippen LogP contribution in [-0.4, -0.2) is 35.8 Å². The molecule has 0 aliphatic carbocycles. The number of hydrogen-bond acceptors (Lipinski definition) is 2. The molecule has 0 atom stereocenters. The second-order valence-corrected chi connectivity index (χ2v) is 9.69. The van der Waals surface area contributed by atoms with Crippen LogP contribution in [0.15, 0.2) is 45.3 Å². The molecule has 0 heterocycles. The average molecular weight is 734 g/mol. The molecule has 2 aromatic rings. The molecule has 2 rings (SSSR count). The Hall–Kier alpha value is -2.24. The molecule has 2 aromatic carbocycles. The molecule has 40 heavy (non-hydrogen) atoms. The molecule has 0 bridgehead atoms. The van der Waals surface area contributed by atoms with Gasteiger partial charge in [-0.2, -0.15) is 61.5 Å². The van der Waals surface area contributed by atoms with E-state index in [1.165, 1.54) is 0 Å². The number of benzene rings is 2. The van der Waals surface area contributed by atoms with Gasteiger partial charge in [-0.05, 0) is 50.2 Å². The topological polar surface area (TPSA) is 34.1 Å². The summed E-state index contributed by atoms with van der Waals surface area (Å²) < 4.78 is 183. The van der Waals surface area contributed by atoms with E-state index in [4.69, 9.17) is 0 Å². The summed E-state index contributed by atoms with van der Waals surface area (Å²) >= 11 is 6.60. The predicted molar refractivity (Wildman–Crippen MR) is 118 cm³/mol. The molecule has 0 spiro atoms. The number of carbonyl (C=O) groups excluding carboxylic acids is 2. The number of hydrogen-bond donors (Lipinski definition) is 0. The number of alkyl halides is 14. The van der Waals surface area contributed by atoms with Crippen molar-refractivity contribution in [3.8, 4) is 0 Å². The van der Waals surface area contributed by atoms with Crippen molar-refractivity contribution in [3.63, 3.8) is 0 Å². The van der Waals surface area contributed by atoms with Gasteiger partial charge in [-0.25, -0.2) is 0 Å². The summed E-state index contributed by atoms with van der Waals surface area (Å²) in [5, 5.41) is 0. The van der Waals surface area contributed by atoms with Gasteiger partial charge in [-0.15, -0.1) is 0 Å². The van der Waals surface area contributed by atoms with Gasteiger partial charge in [0.25, 0.3) is 0 Å². The summed E-state index contributed by atoms with van der Waals surface area (Å²) in [4.78, 5) is 22.1. The van der Waals surface area contributed by atoms with Gasteiger partial charge in [0.15, 0.2) is 11.6 Å². The highest BCUT2D eigenvalue weighted by Gasteiger charge is 2.75. The van der Waals surface area contributed by atoms with Crippen LogP contribution < -0.4 is 0 Å².